The molecule has 1 aromatic carbocycles. The molecule has 0 aliphatic heterocycles. The van der Waals surface area contributed by atoms with Gasteiger partial charge in [0.05, 0.1) is 19.8 Å². The molecule has 4 heteroatoms. The summed E-state index contributed by atoms with van der Waals surface area (Å²) < 4.78 is 9.85. The van der Waals surface area contributed by atoms with E-state index in [1.54, 1.807) is 31.4 Å². The van der Waals surface area contributed by atoms with Crippen LogP contribution in [0.2, 0.25) is 0 Å². The number of ketones is 1. The van der Waals surface area contributed by atoms with Gasteiger partial charge in [0.15, 0.2) is 5.78 Å². The van der Waals surface area contributed by atoms with Crippen LogP contribution in [0.15, 0.2) is 24.3 Å². The Hall–Kier alpha value is -1.39. The fraction of sp³-hybridized carbons (Fsp3) is 0.364. The van der Waals surface area contributed by atoms with E-state index in [0.717, 1.165) is 0 Å². The fourth-order valence-electron chi connectivity index (χ4n) is 1.25. The summed E-state index contributed by atoms with van der Waals surface area (Å²) in [5.74, 6) is 0.501. The van der Waals surface area contributed by atoms with Crippen LogP contribution in [0.4, 0.5) is 0 Å². The van der Waals surface area contributed by atoms with Gasteiger partial charge in [-0.25, -0.2) is 0 Å². The smallest absolute Gasteiger partial charge is 0.182 e. The van der Waals surface area contributed by atoms with Gasteiger partial charge in [-0.3, -0.25) is 4.79 Å². The van der Waals surface area contributed by atoms with E-state index >= 15 is 0 Å². The third-order valence-electron chi connectivity index (χ3n) is 2.04. The Bertz CT molecular complexity index is 338. The van der Waals surface area contributed by atoms with E-state index in [2.05, 4.69) is 0 Å². The number of benzene rings is 1. The highest BCUT2D eigenvalue weighted by Crippen LogP contribution is 2.13. The minimum atomic E-state index is -0.623. The maximum atomic E-state index is 11.7. The van der Waals surface area contributed by atoms with Crippen LogP contribution < -0.4 is 10.5 Å². The zero-order valence-electron chi connectivity index (χ0n) is 8.90. The topological polar surface area (TPSA) is 61.5 Å². The van der Waals surface area contributed by atoms with Crippen molar-refractivity contribution in [1.29, 1.82) is 0 Å². The van der Waals surface area contributed by atoms with Crippen molar-refractivity contribution >= 4 is 5.78 Å². The molecule has 82 valence electrons. The first-order valence-electron chi connectivity index (χ1n) is 4.62. The van der Waals surface area contributed by atoms with Crippen LogP contribution in [0.1, 0.15) is 10.4 Å². The van der Waals surface area contributed by atoms with Crippen LogP contribution in [-0.2, 0) is 4.74 Å². The highest BCUT2D eigenvalue weighted by Gasteiger charge is 2.15. The number of carbonyl (C=O) groups excluding carboxylic acids is 1. The molecule has 1 atom stereocenters. The van der Waals surface area contributed by atoms with Crippen molar-refractivity contribution in [3.05, 3.63) is 29.8 Å². The monoisotopic (exact) mass is 209 g/mol. The summed E-state index contributed by atoms with van der Waals surface area (Å²) in [6.07, 6.45) is 0. The van der Waals surface area contributed by atoms with Gasteiger partial charge in [0.25, 0.3) is 0 Å². The molecule has 0 radical (unpaired) electrons. The minimum absolute atomic E-state index is 0.143. The molecule has 0 aliphatic carbocycles. The van der Waals surface area contributed by atoms with Crippen LogP contribution >= 0.6 is 0 Å². The van der Waals surface area contributed by atoms with E-state index in [0.29, 0.717) is 11.3 Å². The van der Waals surface area contributed by atoms with E-state index in [4.69, 9.17) is 15.2 Å². The molecule has 0 aromatic heterocycles. The second-order valence-corrected chi connectivity index (χ2v) is 3.16. The predicted molar refractivity (Wildman–Crippen MR) is 57.2 cm³/mol. The average Bonchev–Trinajstić information content (AvgIpc) is 2.28. The van der Waals surface area contributed by atoms with Gasteiger partial charge in [0.2, 0.25) is 0 Å². The maximum absolute atomic E-state index is 11.7. The molecule has 0 spiro atoms. The molecular formula is C11H15NO3. The Kier molecular flexibility index (Phi) is 4.27. The highest BCUT2D eigenvalue weighted by molar-refractivity contribution is 6.00. The Morgan fingerprint density at radius 3 is 2.80 bits per heavy atom. The molecule has 0 amide bonds. The second kappa shape index (κ2) is 5.48. The number of hydrogen-bond acceptors (Lipinski definition) is 4. The van der Waals surface area contributed by atoms with Crippen LogP contribution in [-0.4, -0.2) is 32.7 Å². The van der Waals surface area contributed by atoms with Crippen LogP contribution in [0.5, 0.6) is 5.75 Å². The third-order valence-corrected chi connectivity index (χ3v) is 2.04. The lowest BCUT2D eigenvalue weighted by molar-refractivity contribution is 0.0892. The first-order chi connectivity index (χ1) is 7.19. The van der Waals surface area contributed by atoms with Crippen molar-refractivity contribution in [3.8, 4) is 5.75 Å². The van der Waals surface area contributed by atoms with Crippen LogP contribution in [0.3, 0.4) is 0 Å². The van der Waals surface area contributed by atoms with Crippen molar-refractivity contribution in [2.45, 2.75) is 6.04 Å². The Balaban J connectivity index is 2.81. The van der Waals surface area contributed by atoms with Crippen molar-refractivity contribution < 1.29 is 14.3 Å². The zero-order chi connectivity index (χ0) is 11.3. The summed E-state index contributed by atoms with van der Waals surface area (Å²) in [6, 6.07) is 6.28. The van der Waals surface area contributed by atoms with E-state index in [1.807, 2.05) is 0 Å². The van der Waals surface area contributed by atoms with E-state index in [9.17, 15) is 4.79 Å². The summed E-state index contributed by atoms with van der Waals surface area (Å²) in [5.41, 5.74) is 6.18. The lowest BCUT2D eigenvalue weighted by Gasteiger charge is -2.09. The number of rotatable bonds is 5. The molecule has 0 aliphatic rings. The summed E-state index contributed by atoms with van der Waals surface area (Å²) in [4.78, 5) is 11.7. The molecule has 1 rings (SSSR count). The summed E-state index contributed by atoms with van der Waals surface area (Å²) >= 11 is 0. The molecule has 1 unspecified atom stereocenters. The first kappa shape index (κ1) is 11.7. The summed E-state index contributed by atoms with van der Waals surface area (Å²) in [5, 5.41) is 0. The molecule has 1 aromatic rings. The van der Waals surface area contributed by atoms with E-state index in [1.165, 1.54) is 7.11 Å². The molecule has 0 heterocycles. The zero-order valence-corrected chi connectivity index (χ0v) is 8.90. The van der Waals surface area contributed by atoms with Crippen molar-refractivity contribution in [2.75, 3.05) is 20.8 Å². The van der Waals surface area contributed by atoms with Crippen LogP contribution in [0, 0.1) is 0 Å². The van der Waals surface area contributed by atoms with Gasteiger partial charge in [-0.05, 0) is 12.1 Å². The van der Waals surface area contributed by atoms with Gasteiger partial charge in [-0.1, -0.05) is 12.1 Å². The number of ether oxygens (including phenoxy) is 2. The van der Waals surface area contributed by atoms with Crippen molar-refractivity contribution in [1.82, 2.24) is 0 Å². The van der Waals surface area contributed by atoms with Gasteiger partial charge in [0.1, 0.15) is 5.75 Å². The number of Topliss-reactive ketones (excluding diaryl/α,β-unsaturated/α-hetero) is 1. The molecule has 0 saturated heterocycles. The van der Waals surface area contributed by atoms with Gasteiger partial charge in [0, 0.05) is 12.7 Å². The number of hydrogen-bond donors (Lipinski definition) is 1. The number of carbonyl (C=O) groups is 1. The lowest BCUT2D eigenvalue weighted by Crippen LogP contribution is -2.34. The van der Waals surface area contributed by atoms with Gasteiger partial charge < -0.3 is 15.2 Å². The number of nitrogens with two attached hydrogens (primary N) is 1. The predicted octanol–water partition coefficient (Wildman–Crippen LogP) is 0.852. The summed E-state index contributed by atoms with van der Waals surface area (Å²) in [7, 11) is 3.07. The molecule has 0 saturated carbocycles. The normalized spacial score (nSPS) is 12.2. The Morgan fingerprint density at radius 2 is 2.20 bits per heavy atom. The van der Waals surface area contributed by atoms with E-state index in [-0.39, 0.29) is 12.4 Å². The Morgan fingerprint density at radius 1 is 1.47 bits per heavy atom. The van der Waals surface area contributed by atoms with Gasteiger partial charge in [-0.15, -0.1) is 0 Å². The quantitative estimate of drug-likeness (QED) is 0.730. The third kappa shape index (κ3) is 3.04. The average molecular weight is 209 g/mol. The molecule has 0 fully saturated rings. The van der Waals surface area contributed by atoms with Gasteiger partial charge in [-0.2, -0.15) is 0 Å². The largest absolute Gasteiger partial charge is 0.497 e. The Labute approximate surface area is 89.0 Å². The first-order valence-corrected chi connectivity index (χ1v) is 4.62. The molecule has 4 nitrogen and oxygen atoms in total. The summed E-state index contributed by atoms with van der Waals surface area (Å²) in [6.45, 7) is 0.218. The maximum Gasteiger partial charge on any atom is 0.182 e. The number of methoxy groups -OCH3 is 2. The van der Waals surface area contributed by atoms with Crippen molar-refractivity contribution in [3.63, 3.8) is 0 Å². The molecule has 0 bridgehead atoms. The van der Waals surface area contributed by atoms with Gasteiger partial charge >= 0.3 is 0 Å². The SMILES string of the molecule is COCC(N)C(=O)c1cccc(OC)c1. The highest BCUT2D eigenvalue weighted by atomic mass is 16.5. The molecule has 2 N–H and O–H groups in total. The fourth-order valence-corrected chi connectivity index (χ4v) is 1.25. The van der Waals surface area contributed by atoms with Crippen molar-refractivity contribution in [2.24, 2.45) is 5.73 Å². The minimum Gasteiger partial charge on any atom is -0.497 e. The van der Waals surface area contributed by atoms with Crippen LogP contribution in [0.25, 0.3) is 0 Å². The lowest BCUT2D eigenvalue weighted by atomic mass is 10.1. The molecule has 15 heavy (non-hydrogen) atoms. The standard InChI is InChI=1S/C11H15NO3/c1-14-7-10(12)11(13)8-4-3-5-9(6-8)15-2/h3-6,10H,7,12H2,1-2H3. The second-order valence-electron chi connectivity index (χ2n) is 3.16. The van der Waals surface area contributed by atoms with E-state index < -0.39 is 6.04 Å². The molecular weight excluding hydrogens is 194 g/mol.